The SMILES string of the molecule is C=Cc1ccc(CC2(c3ccccc3)c3ccccc3-c3ccc(Nc4ccc(-c5ccc6c(c5)c5cc(-c7ccc(C=C)cc7)ccc5n6-c5ccccc5)cc4)cc32)cc1. The average molecular weight is 793 g/mol. The van der Waals surface area contributed by atoms with Gasteiger partial charge >= 0.3 is 0 Å². The minimum absolute atomic E-state index is 0.358. The van der Waals surface area contributed by atoms with Gasteiger partial charge in [-0.25, -0.2) is 0 Å². The highest BCUT2D eigenvalue weighted by atomic mass is 15.0. The summed E-state index contributed by atoms with van der Waals surface area (Å²) in [7, 11) is 0. The molecule has 1 atom stereocenters. The third-order valence-electron chi connectivity index (χ3n) is 12.9. The molecule has 0 aliphatic heterocycles. The minimum atomic E-state index is -0.358. The Labute approximate surface area is 363 Å². The van der Waals surface area contributed by atoms with Crippen LogP contribution in [0.25, 0.3) is 73.0 Å². The van der Waals surface area contributed by atoms with Crippen molar-refractivity contribution in [2.24, 2.45) is 0 Å². The molecule has 294 valence electrons. The molecule has 1 aliphatic carbocycles. The van der Waals surface area contributed by atoms with Crippen LogP contribution in [-0.4, -0.2) is 4.57 Å². The summed E-state index contributed by atoms with van der Waals surface area (Å²) in [6.07, 6.45) is 4.64. The zero-order valence-corrected chi connectivity index (χ0v) is 34.4. The van der Waals surface area contributed by atoms with Gasteiger partial charge < -0.3 is 9.88 Å². The molecular weight excluding hydrogens is 749 g/mol. The summed E-state index contributed by atoms with van der Waals surface area (Å²) < 4.78 is 2.38. The lowest BCUT2D eigenvalue weighted by molar-refractivity contribution is 0.630. The Morgan fingerprint density at radius 2 is 0.952 bits per heavy atom. The molecule has 0 radical (unpaired) electrons. The van der Waals surface area contributed by atoms with Gasteiger partial charge in [-0.1, -0.05) is 177 Å². The molecule has 0 amide bonds. The molecule has 0 spiro atoms. The minimum Gasteiger partial charge on any atom is -0.356 e. The Hall–Kier alpha value is -7.94. The number of nitrogens with zero attached hydrogens (tertiary/aromatic N) is 1. The molecule has 0 fully saturated rings. The van der Waals surface area contributed by atoms with Crippen molar-refractivity contribution >= 4 is 45.3 Å². The number of fused-ring (bicyclic) bond motifs is 6. The highest BCUT2D eigenvalue weighted by molar-refractivity contribution is 6.11. The van der Waals surface area contributed by atoms with Crippen LogP contribution in [0.4, 0.5) is 11.4 Å². The number of hydrogen-bond acceptors (Lipinski definition) is 1. The van der Waals surface area contributed by atoms with Crippen LogP contribution in [0, 0.1) is 0 Å². The standard InChI is InChI=1S/C60H44N2/c1-3-41-19-21-43(22-20-41)40-60(48-13-7-5-8-14-48)56-18-12-11-17-52(56)53-34-33-50(39-57(53)60)61-49-31-27-45(28-32-49)47-30-36-59-55(38-47)54-37-46(44-25-23-42(4-2)24-26-44)29-35-58(54)62(59)51-15-9-6-10-16-51/h3-39,61H,1-2,40H2. The summed E-state index contributed by atoms with van der Waals surface area (Å²) in [4.78, 5) is 0. The van der Waals surface area contributed by atoms with E-state index < -0.39 is 0 Å². The van der Waals surface area contributed by atoms with Crippen molar-refractivity contribution in [3.63, 3.8) is 0 Å². The normalized spacial score (nSPS) is 14.1. The molecule has 0 saturated heterocycles. The first-order chi connectivity index (χ1) is 30.6. The second-order valence-corrected chi connectivity index (χ2v) is 16.4. The molecule has 0 bridgehead atoms. The molecule has 1 heterocycles. The van der Waals surface area contributed by atoms with E-state index in [1.165, 1.54) is 77.4 Å². The molecular formula is C60H44N2. The monoisotopic (exact) mass is 792 g/mol. The lowest BCUT2D eigenvalue weighted by atomic mass is 9.68. The fraction of sp³-hybridized carbons (Fsp3) is 0.0333. The zero-order valence-electron chi connectivity index (χ0n) is 34.4. The molecule has 1 aromatic heterocycles. The molecule has 9 aromatic carbocycles. The second-order valence-electron chi connectivity index (χ2n) is 16.4. The summed E-state index contributed by atoms with van der Waals surface area (Å²) in [6.45, 7) is 7.92. The molecule has 1 N–H and O–H groups in total. The Morgan fingerprint density at radius 3 is 1.58 bits per heavy atom. The lowest BCUT2D eigenvalue weighted by Crippen LogP contribution is -2.30. The number of para-hydroxylation sites is 1. The molecule has 1 unspecified atom stereocenters. The number of rotatable bonds is 10. The number of aromatic nitrogens is 1. The van der Waals surface area contributed by atoms with Crippen molar-refractivity contribution < 1.29 is 0 Å². The quantitative estimate of drug-likeness (QED) is 0.146. The van der Waals surface area contributed by atoms with Crippen LogP contribution in [0.15, 0.2) is 225 Å². The lowest BCUT2D eigenvalue weighted by Gasteiger charge is -2.33. The fourth-order valence-electron chi connectivity index (χ4n) is 9.81. The first kappa shape index (κ1) is 37.1. The second kappa shape index (κ2) is 15.3. The van der Waals surface area contributed by atoms with Gasteiger partial charge in [0.15, 0.2) is 0 Å². The van der Waals surface area contributed by atoms with E-state index in [9.17, 15) is 0 Å². The van der Waals surface area contributed by atoms with Gasteiger partial charge in [-0.05, 0) is 134 Å². The molecule has 1 aliphatic rings. The van der Waals surface area contributed by atoms with Crippen molar-refractivity contribution in [2.45, 2.75) is 11.8 Å². The maximum atomic E-state index is 3.99. The van der Waals surface area contributed by atoms with Crippen molar-refractivity contribution in [3.8, 4) is 39.1 Å². The van der Waals surface area contributed by atoms with Crippen LogP contribution in [0.2, 0.25) is 0 Å². The topological polar surface area (TPSA) is 17.0 Å². The highest BCUT2D eigenvalue weighted by Crippen LogP contribution is 2.55. The summed E-state index contributed by atoms with van der Waals surface area (Å²) in [5.74, 6) is 0. The third-order valence-corrected chi connectivity index (χ3v) is 12.9. The van der Waals surface area contributed by atoms with E-state index in [-0.39, 0.29) is 5.41 Å². The van der Waals surface area contributed by atoms with Gasteiger partial charge in [0.2, 0.25) is 0 Å². The van der Waals surface area contributed by atoms with Crippen LogP contribution < -0.4 is 5.32 Å². The van der Waals surface area contributed by atoms with Crippen molar-refractivity contribution in [1.82, 2.24) is 4.57 Å². The number of benzene rings is 9. The first-order valence-corrected chi connectivity index (χ1v) is 21.3. The summed E-state index contributed by atoms with van der Waals surface area (Å²) >= 11 is 0. The molecule has 11 rings (SSSR count). The molecule has 0 saturated carbocycles. The van der Waals surface area contributed by atoms with Crippen LogP contribution in [0.1, 0.15) is 33.4 Å². The molecule has 2 heteroatoms. The summed E-state index contributed by atoms with van der Waals surface area (Å²) in [5.41, 5.74) is 20.1. The average Bonchev–Trinajstić information content (AvgIpc) is 3.81. The fourth-order valence-corrected chi connectivity index (χ4v) is 9.81. The number of nitrogens with one attached hydrogen (secondary N) is 1. The molecule has 2 nitrogen and oxygen atoms in total. The predicted molar refractivity (Wildman–Crippen MR) is 263 cm³/mol. The number of anilines is 2. The van der Waals surface area contributed by atoms with E-state index in [4.69, 9.17) is 0 Å². The van der Waals surface area contributed by atoms with Gasteiger partial charge in [0.25, 0.3) is 0 Å². The van der Waals surface area contributed by atoms with Gasteiger partial charge in [-0.3, -0.25) is 0 Å². The van der Waals surface area contributed by atoms with E-state index in [1.54, 1.807) is 0 Å². The van der Waals surface area contributed by atoms with Gasteiger partial charge in [0, 0.05) is 27.8 Å². The van der Waals surface area contributed by atoms with Crippen LogP contribution >= 0.6 is 0 Å². The van der Waals surface area contributed by atoms with Crippen molar-refractivity contribution in [2.75, 3.05) is 5.32 Å². The van der Waals surface area contributed by atoms with Crippen molar-refractivity contribution in [3.05, 3.63) is 259 Å². The Kier molecular flexibility index (Phi) is 9.13. The van der Waals surface area contributed by atoms with Gasteiger partial charge in [0.1, 0.15) is 0 Å². The molecule has 62 heavy (non-hydrogen) atoms. The van der Waals surface area contributed by atoms with Gasteiger partial charge in [-0.15, -0.1) is 0 Å². The Balaban J connectivity index is 0.955. The maximum absolute atomic E-state index is 3.99. The van der Waals surface area contributed by atoms with E-state index >= 15 is 0 Å². The van der Waals surface area contributed by atoms with Crippen LogP contribution in [0.5, 0.6) is 0 Å². The summed E-state index contributed by atoms with van der Waals surface area (Å²) in [5, 5.41) is 6.25. The van der Waals surface area contributed by atoms with Crippen LogP contribution in [0.3, 0.4) is 0 Å². The largest absolute Gasteiger partial charge is 0.356 e. The van der Waals surface area contributed by atoms with Crippen LogP contribution in [-0.2, 0) is 11.8 Å². The Morgan fingerprint density at radius 1 is 0.435 bits per heavy atom. The highest BCUT2D eigenvalue weighted by Gasteiger charge is 2.44. The third kappa shape index (κ3) is 6.28. The number of hydrogen-bond donors (Lipinski definition) is 1. The summed E-state index contributed by atoms with van der Waals surface area (Å²) in [6, 6.07) is 77.6. The maximum Gasteiger partial charge on any atom is 0.0541 e. The van der Waals surface area contributed by atoms with Gasteiger partial charge in [-0.2, -0.15) is 0 Å². The van der Waals surface area contributed by atoms with E-state index in [2.05, 4.69) is 235 Å². The van der Waals surface area contributed by atoms with E-state index in [0.717, 1.165) is 34.6 Å². The van der Waals surface area contributed by atoms with Crippen molar-refractivity contribution in [1.29, 1.82) is 0 Å². The van der Waals surface area contributed by atoms with E-state index in [0.29, 0.717) is 0 Å². The Bertz CT molecular complexity index is 3280. The van der Waals surface area contributed by atoms with E-state index in [1.807, 2.05) is 12.2 Å². The first-order valence-electron chi connectivity index (χ1n) is 21.3. The smallest absolute Gasteiger partial charge is 0.0541 e. The predicted octanol–water partition coefficient (Wildman–Crippen LogP) is 15.7. The van der Waals surface area contributed by atoms with Gasteiger partial charge in [0.05, 0.1) is 16.4 Å². The zero-order chi connectivity index (χ0) is 41.6. The molecule has 10 aromatic rings.